The lowest BCUT2D eigenvalue weighted by molar-refractivity contribution is 1.62. The molecule has 10 aromatic rings. The van der Waals surface area contributed by atoms with Gasteiger partial charge in [0, 0.05) is 0 Å². The molecule has 0 N–H and O–H groups in total. The van der Waals surface area contributed by atoms with Gasteiger partial charge in [-0.25, -0.2) is 0 Å². The second-order valence-electron chi connectivity index (χ2n) is 12.9. The summed E-state index contributed by atoms with van der Waals surface area (Å²) < 4.78 is 0. The molecule has 0 aliphatic heterocycles. The van der Waals surface area contributed by atoms with E-state index in [4.69, 9.17) is 0 Å². The number of hydrogen-bond acceptors (Lipinski definition) is 0. The summed E-state index contributed by atoms with van der Waals surface area (Å²) >= 11 is 0. The van der Waals surface area contributed by atoms with Crippen LogP contribution in [0.1, 0.15) is 0 Å². The van der Waals surface area contributed by atoms with Crippen molar-refractivity contribution in [2.24, 2.45) is 0 Å². The van der Waals surface area contributed by atoms with E-state index in [0.29, 0.717) is 0 Å². The third kappa shape index (κ3) is 4.24. The maximum absolute atomic E-state index is 2.39. The Labute approximate surface area is 279 Å². The van der Waals surface area contributed by atoms with Crippen molar-refractivity contribution in [3.63, 3.8) is 0 Å². The Balaban J connectivity index is 1.07. The van der Waals surface area contributed by atoms with Crippen LogP contribution in [0.25, 0.3) is 98.4 Å². The molecule has 0 saturated heterocycles. The van der Waals surface area contributed by atoms with Gasteiger partial charge < -0.3 is 0 Å². The Morgan fingerprint density at radius 1 is 0.208 bits per heavy atom. The molecule has 222 valence electrons. The van der Waals surface area contributed by atoms with Gasteiger partial charge in [-0.15, -0.1) is 0 Å². The third-order valence-corrected chi connectivity index (χ3v) is 10.2. The SMILES string of the molecule is c1ccc2cc(-c3ccc(-c4cc5ccc(-c6ccc(-c7cccc8ccccc78)cc6)c6ccc7cccc4c7c56)cc3)ccc2c1. The molecule has 0 saturated carbocycles. The van der Waals surface area contributed by atoms with E-state index in [1.165, 1.54) is 98.4 Å². The Hall–Kier alpha value is -6.24. The topological polar surface area (TPSA) is 0 Å². The fraction of sp³-hybridized carbons (Fsp3) is 0. The first-order valence-electron chi connectivity index (χ1n) is 16.7. The van der Waals surface area contributed by atoms with E-state index in [-0.39, 0.29) is 0 Å². The highest BCUT2D eigenvalue weighted by molar-refractivity contribution is 6.28. The molecule has 0 radical (unpaired) electrons. The van der Waals surface area contributed by atoms with Crippen LogP contribution >= 0.6 is 0 Å². The standard InChI is InChI=1S/C48H30/c1-2-9-38-29-39(24-17-31(38)7-1)32-15-18-36(19-16-32)46-30-40-26-27-43(45-28-25-37-11-6-14-44(46)47(37)48(40)45)35-22-20-34(21-23-35)42-13-5-10-33-8-3-4-12-41(33)42/h1-30H. The fourth-order valence-electron chi connectivity index (χ4n) is 7.84. The Kier molecular flexibility index (Phi) is 5.98. The lowest BCUT2D eigenvalue weighted by Crippen LogP contribution is -1.90. The van der Waals surface area contributed by atoms with Gasteiger partial charge in [0.1, 0.15) is 0 Å². The summed E-state index contributed by atoms with van der Waals surface area (Å²) in [6.07, 6.45) is 0. The van der Waals surface area contributed by atoms with Crippen molar-refractivity contribution in [1.29, 1.82) is 0 Å². The van der Waals surface area contributed by atoms with E-state index >= 15 is 0 Å². The van der Waals surface area contributed by atoms with Crippen LogP contribution in [0.2, 0.25) is 0 Å². The summed E-state index contributed by atoms with van der Waals surface area (Å²) in [4.78, 5) is 0. The molecular formula is C48H30. The van der Waals surface area contributed by atoms with Crippen molar-refractivity contribution in [2.45, 2.75) is 0 Å². The predicted molar refractivity (Wildman–Crippen MR) is 207 cm³/mol. The highest BCUT2D eigenvalue weighted by atomic mass is 14.2. The minimum absolute atomic E-state index is 1.23. The van der Waals surface area contributed by atoms with Crippen LogP contribution in [0, 0.1) is 0 Å². The molecule has 0 aliphatic carbocycles. The van der Waals surface area contributed by atoms with E-state index in [9.17, 15) is 0 Å². The molecular weight excluding hydrogens is 577 g/mol. The molecule has 0 spiro atoms. The van der Waals surface area contributed by atoms with Crippen molar-refractivity contribution in [3.8, 4) is 44.5 Å². The van der Waals surface area contributed by atoms with Crippen LogP contribution in [0.3, 0.4) is 0 Å². The first-order chi connectivity index (χ1) is 23.8. The summed E-state index contributed by atoms with van der Waals surface area (Å²) in [7, 11) is 0. The van der Waals surface area contributed by atoms with Crippen molar-refractivity contribution in [3.05, 3.63) is 182 Å². The minimum atomic E-state index is 1.23. The molecule has 0 bridgehead atoms. The maximum Gasteiger partial charge on any atom is -0.00201 e. The van der Waals surface area contributed by atoms with Gasteiger partial charge in [0.05, 0.1) is 0 Å². The van der Waals surface area contributed by atoms with Crippen LogP contribution in [-0.4, -0.2) is 0 Å². The second kappa shape index (κ2) is 10.7. The lowest BCUT2D eigenvalue weighted by Gasteiger charge is -2.17. The highest BCUT2D eigenvalue weighted by Gasteiger charge is 2.16. The molecule has 10 rings (SSSR count). The fourth-order valence-corrected chi connectivity index (χ4v) is 7.84. The van der Waals surface area contributed by atoms with Crippen LogP contribution in [0.4, 0.5) is 0 Å². The Morgan fingerprint density at radius 3 is 1.52 bits per heavy atom. The largest absolute Gasteiger partial charge is 0.0616 e. The molecule has 0 aliphatic rings. The van der Waals surface area contributed by atoms with Gasteiger partial charge in [-0.3, -0.25) is 0 Å². The van der Waals surface area contributed by atoms with Crippen LogP contribution in [-0.2, 0) is 0 Å². The summed E-state index contributed by atoms with van der Waals surface area (Å²) in [6, 6.07) is 67.1. The number of rotatable bonds is 4. The zero-order chi connectivity index (χ0) is 31.6. The molecule has 0 heterocycles. The first-order valence-corrected chi connectivity index (χ1v) is 16.7. The Bertz CT molecular complexity index is 2800. The molecule has 0 heteroatoms. The molecule has 10 aromatic carbocycles. The third-order valence-electron chi connectivity index (χ3n) is 10.2. The second-order valence-corrected chi connectivity index (χ2v) is 12.9. The molecule has 0 atom stereocenters. The Morgan fingerprint density at radius 2 is 0.708 bits per heavy atom. The van der Waals surface area contributed by atoms with Crippen LogP contribution < -0.4 is 0 Å². The molecule has 0 unspecified atom stereocenters. The minimum Gasteiger partial charge on any atom is -0.0616 e. The quantitative estimate of drug-likeness (QED) is 0.175. The van der Waals surface area contributed by atoms with E-state index in [1.807, 2.05) is 0 Å². The summed E-state index contributed by atoms with van der Waals surface area (Å²) in [5, 5.41) is 12.9. The van der Waals surface area contributed by atoms with Gasteiger partial charge in [0.15, 0.2) is 0 Å². The lowest BCUT2D eigenvalue weighted by atomic mass is 9.86. The number of fused-ring (bicyclic) bond motifs is 2. The number of benzene rings is 10. The smallest absolute Gasteiger partial charge is 0.00201 e. The normalized spacial score (nSPS) is 11.8. The van der Waals surface area contributed by atoms with Crippen molar-refractivity contribution in [1.82, 2.24) is 0 Å². The zero-order valence-electron chi connectivity index (χ0n) is 26.3. The van der Waals surface area contributed by atoms with Gasteiger partial charge in [-0.2, -0.15) is 0 Å². The molecule has 0 fully saturated rings. The molecule has 48 heavy (non-hydrogen) atoms. The summed E-state index contributed by atoms with van der Waals surface area (Å²) in [5.74, 6) is 0. The van der Waals surface area contributed by atoms with E-state index in [0.717, 1.165) is 0 Å². The van der Waals surface area contributed by atoms with Crippen molar-refractivity contribution >= 4 is 53.9 Å². The van der Waals surface area contributed by atoms with Crippen molar-refractivity contribution in [2.75, 3.05) is 0 Å². The maximum atomic E-state index is 2.39. The molecule has 0 aromatic heterocycles. The van der Waals surface area contributed by atoms with E-state index < -0.39 is 0 Å². The van der Waals surface area contributed by atoms with Gasteiger partial charge in [0.2, 0.25) is 0 Å². The molecule has 0 nitrogen and oxygen atoms in total. The first kappa shape index (κ1) is 26.9. The monoisotopic (exact) mass is 606 g/mol. The number of hydrogen-bond donors (Lipinski definition) is 0. The molecule has 0 amide bonds. The highest BCUT2D eigenvalue weighted by Crippen LogP contribution is 2.44. The van der Waals surface area contributed by atoms with Gasteiger partial charge in [0.25, 0.3) is 0 Å². The summed E-state index contributed by atoms with van der Waals surface area (Å²) in [5.41, 5.74) is 10.0. The summed E-state index contributed by atoms with van der Waals surface area (Å²) in [6.45, 7) is 0. The van der Waals surface area contributed by atoms with E-state index in [1.54, 1.807) is 0 Å². The average Bonchev–Trinajstić information content (AvgIpc) is 3.16. The predicted octanol–water partition coefficient (Wildman–Crippen LogP) is 13.6. The van der Waals surface area contributed by atoms with Gasteiger partial charge in [-0.05, 0) is 111 Å². The van der Waals surface area contributed by atoms with Crippen molar-refractivity contribution < 1.29 is 0 Å². The zero-order valence-corrected chi connectivity index (χ0v) is 26.3. The van der Waals surface area contributed by atoms with E-state index in [2.05, 4.69) is 182 Å². The van der Waals surface area contributed by atoms with Crippen LogP contribution in [0.5, 0.6) is 0 Å². The van der Waals surface area contributed by atoms with Gasteiger partial charge >= 0.3 is 0 Å². The van der Waals surface area contributed by atoms with Gasteiger partial charge in [-0.1, -0.05) is 170 Å². The van der Waals surface area contributed by atoms with Crippen LogP contribution in [0.15, 0.2) is 182 Å². The average molecular weight is 607 g/mol.